The molecule has 0 saturated heterocycles. The van der Waals surface area contributed by atoms with Gasteiger partial charge in [0.2, 0.25) is 0 Å². The predicted octanol–water partition coefficient (Wildman–Crippen LogP) is 1.52. The van der Waals surface area contributed by atoms with E-state index in [4.69, 9.17) is 5.11 Å². The number of fused-ring (bicyclic) bond motifs is 1. The second-order valence-corrected chi connectivity index (χ2v) is 4.88. The fourth-order valence-corrected chi connectivity index (χ4v) is 2.49. The van der Waals surface area contributed by atoms with E-state index < -0.39 is 5.97 Å². The van der Waals surface area contributed by atoms with Gasteiger partial charge in [-0.05, 0) is 12.0 Å². The highest BCUT2D eigenvalue weighted by atomic mass is 16.4. The first-order valence-electron chi connectivity index (χ1n) is 6.41. The monoisotopic (exact) mass is 257 g/mol. The minimum atomic E-state index is -0.731. The van der Waals surface area contributed by atoms with Crippen LogP contribution in [0.4, 0.5) is 0 Å². The number of carboxylic acid groups (broad SMARTS) is 1. The second-order valence-electron chi connectivity index (χ2n) is 4.88. The summed E-state index contributed by atoms with van der Waals surface area (Å²) in [6, 6.07) is 10.0. The Hall–Kier alpha value is -2.17. The van der Waals surface area contributed by atoms with Crippen LogP contribution in [0, 0.1) is 5.92 Å². The number of nitrogens with zero attached hydrogens (tertiary/aromatic N) is 3. The first kappa shape index (κ1) is 11.9. The number of hydrogen-bond acceptors (Lipinski definition) is 3. The molecular formula is C14H15N3O2. The molecule has 0 aliphatic carbocycles. The van der Waals surface area contributed by atoms with Crippen molar-refractivity contribution in [3.63, 3.8) is 0 Å². The zero-order valence-corrected chi connectivity index (χ0v) is 10.5. The molecule has 2 aromatic rings. The molecule has 0 saturated carbocycles. The largest absolute Gasteiger partial charge is 0.481 e. The Kier molecular flexibility index (Phi) is 3.03. The van der Waals surface area contributed by atoms with E-state index in [0.29, 0.717) is 25.8 Å². The van der Waals surface area contributed by atoms with E-state index in [1.807, 2.05) is 34.9 Å². The lowest BCUT2D eigenvalue weighted by molar-refractivity contribution is -0.142. The predicted molar refractivity (Wildman–Crippen MR) is 68.7 cm³/mol. The molecule has 1 unspecified atom stereocenters. The molecule has 3 rings (SSSR count). The van der Waals surface area contributed by atoms with Crippen LogP contribution in [0.25, 0.3) is 0 Å². The number of carbonyl (C=O) groups is 1. The van der Waals surface area contributed by atoms with E-state index in [2.05, 4.69) is 10.2 Å². The summed E-state index contributed by atoms with van der Waals surface area (Å²) in [5, 5.41) is 17.5. The third kappa shape index (κ3) is 2.36. The lowest BCUT2D eigenvalue weighted by Crippen LogP contribution is -2.27. The Morgan fingerprint density at radius 1 is 1.32 bits per heavy atom. The van der Waals surface area contributed by atoms with Crippen LogP contribution in [-0.2, 0) is 24.2 Å². The van der Waals surface area contributed by atoms with Gasteiger partial charge in [-0.2, -0.15) is 0 Å². The van der Waals surface area contributed by atoms with Crippen LogP contribution in [0.3, 0.4) is 0 Å². The highest BCUT2D eigenvalue weighted by Gasteiger charge is 2.27. The van der Waals surface area contributed by atoms with Crippen LogP contribution in [0.15, 0.2) is 30.3 Å². The molecule has 1 aliphatic heterocycles. The first-order valence-corrected chi connectivity index (χ1v) is 6.41. The summed E-state index contributed by atoms with van der Waals surface area (Å²) in [6.07, 6.45) is 2.04. The number of aliphatic carboxylic acids is 1. The smallest absolute Gasteiger partial charge is 0.308 e. The van der Waals surface area contributed by atoms with E-state index in [0.717, 1.165) is 17.2 Å². The van der Waals surface area contributed by atoms with E-state index in [9.17, 15) is 4.79 Å². The number of hydrogen-bond donors (Lipinski definition) is 1. The van der Waals surface area contributed by atoms with Gasteiger partial charge in [0.05, 0.1) is 5.92 Å². The first-order chi connectivity index (χ1) is 9.24. The Labute approximate surface area is 110 Å². The molecular weight excluding hydrogens is 242 g/mol. The average molecular weight is 257 g/mol. The van der Waals surface area contributed by atoms with Crippen molar-refractivity contribution in [1.29, 1.82) is 0 Å². The molecule has 1 N–H and O–H groups in total. The van der Waals surface area contributed by atoms with Gasteiger partial charge in [0, 0.05) is 19.4 Å². The molecule has 5 heteroatoms. The molecule has 0 fully saturated rings. The Balaban J connectivity index is 1.85. The molecule has 0 spiro atoms. The topological polar surface area (TPSA) is 68.0 Å². The number of aromatic nitrogens is 3. The SMILES string of the molecule is O=C(O)C1CCc2nnc(Cc3ccccc3)n2C1. The Morgan fingerprint density at radius 3 is 2.84 bits per heavy atom. The van der Waals surface area contributed by atoms with E-state index in [1.165, 1.54) is 0 Å². The summed E-state index contributed by atoms with van der Waals surface area (Å²) in [4.78, 5) is 11.1. The van der Waals surface area contributed by atoms with Gasteiger partial charge in [0.25, 0.3) is 0 Å². The van der Waals surface area contributed by atoms with Crippen molar-refractivity contribution in [1.82, 2.24) is 14.8 Å². The summed E-state index contributed by atoms with van der Waals surface area (Å²) in [7, 11) is 0. The van der Waals surface area contributed by atoms with Gasteiger partial charge in [-0.1, -0.05) is 30.3 Å². The molecule has 2 heterocycles. The van der Waals surface area contributed by atoms with Gasteiger partial charge in [0.15, 0.2) is 0 Å². The van der Waals surface area contributed by atoms with Gasteiger partial charge < -0.3 is 9.67 Å². The third-order valence-electron chi connectivity index (χ3n) is 3.58. The fourth-order valence-electron chi connectivity index (χ4n) is 2.49. The quantitative estimate of drug-likeness (QED) is 0.905. The maximum Gasteiger partial charge on any atom is 0.308 e. The normalized spacial score (nSPS) is 18.0. The molecule has 1 atom stereocenters. The van der Waals surface area contributed by atoms with Crippen LogP contribution >= 0.6 is 0 Å². The minimum Gasteiger partial charge on any atom is -0.481 e. The van der Waals surface area contributed by atoms with Gasteiger partial charge in [0.1, 0.15) is 11.6 Å². The molecule has 1 aromatic carbocycles. The number of carboxylic acids is 1. The van der Waals surface area contributed by atoms with Crippen molar-refractivity contribution in [2.75, 3.05) is 0 Å². The third-order valence-corrected chi connectivity index (χ3v) is 3.58. The van der Waals surface area contributed by atoms with Crippen molar-refractivity contribution in [2.45, 2.75) is 25.8 Å². The molecule has 1 aromatic heterocycles. The number of aryl methyl sites for hydroxylation is 1. The second kappa shape index (κ2) is 4.84. The maximum absolute atomic E-state index is 11.1. The van der Waals surface area contributed by atoms with Crippen molar-refractivity contribution in [3.05, 3.63) is 47.5 Å². The van der Waals surface area contributed by atoms with Crippen LogP contribution in [0.2, 0.25) is 0 Å². The molecule has 1 aliphatic rings. The van der Waals surface area contributed by atoms with Crippen LogP contribution in [0.5, 0.6) is 0 Å². The number of benzene rings is 1. The molecule has 0 amide bonds. The molecule has 5 nitrogen and oxygen atoms in total. The van der Waals surface area contributed by atoms with Crippen LogP contribution in [-0.4, -0.2) is 25.8 Å². The van der Waals surface area contributed by atoms with E-state index in [1.54, 1.807) is 0 Å². The van der Waals surface area contributed by atoms with E-state index >= 15 is 0 Å². The van der Waals surface area contributed by atoms with E-state index in [-0.39, 0.29) is 5.92 Å². The summed E-state index contributed by atoms with van der Waals surface area (Å²) in [5.74, 6) is 0.707. The standard InChI is InChI=1S/C14H15N3O2/c18-14(19)11-6-7-12-15-16-13(17(12)9-11)8-10-4-2-1-3-5-10/h1-5,11H,6-9H2,(H,18,19). The maximum atomic E-state index is 11.1. The summed E-state index contributed by atoms with van der Waals surface area (Å²) < 4.78 is 1.97. The van der Waals surface area contributed by atoms with Crippen molar-refractivity contribution >= 4 is 5.97 Å². The van der Waals surface area contributed by atoms with Crippen molar-refractivity contribution in [3.8, 4) is 0 Å². The average Bonchev–Trinajstić information content (AvgIpc) is 2.82. The molecule has 0 bridgehead atoms. The van der Waals surface area contributed by atoms with Crippen molar-refractivity contribution in [2.24, 2.45) is 5.92 Å². The fraction of sp³-hybridized carbons (Fsp3) is 0.357. The lowest BCUT2D eigenvalue weighted by atomic mass is 9.99. The summed E-state index contributed by atoms with van der Waals surface area (Å²) in [6.45, 7) is 0.486. The lowest BCUT2D eigenvalue weighted by Gasteiger charge is -2.21. The van der Waals surface area contributed by atoms with Gasteiger partial charge in [-0.3, -0.25) is 4.79 Å². The molecule has 98 valence electrons. The van der Waals surface area contributed by atoms with Gasteiger partial charge >= 0.3 is 5.97 Å². The van der Waals surface area contributed by atoms with Gasteiger partial charge in [-0.25, -0.2) is 0 Å². The molecule has 0 radical (unpaired) electrons. The number of rotatable bonds is 3. The zero-order chi connectivity index (χ0) is 13.2. The summed E-state index contributed by atoms with van der Waals surface area (Å²) >= 11 is 0. The minimum absolute atomic E-state index is 0.321. The highest BCUT2D eigenvalue weighted by molar-refractivity contribution is 5.70. The van der Waals surface area contributed by atoms with Gasteiger partial charge in [-0.15, -0.1) is 10.2 Å². The zero-order valence-electron chi connectivity index (χ0n) is 10.5. The van der Waals surface area contributed by atoms with Crippen molar-refractivity contribution < 1.29 is 9.90 Å². The Morgan fingerprint density at radius 2 is 2.11 bits per heavy atom. The highest BCUT2D eigenvalue weighted by Crippen LogP contribution is 2.21. The molecule has 19 heavy (non-hydrogen) atoms. The summed E-state index contributed by atoms with van der Waals surface area (Å²) in [5.41, 5.74) is 1.16. The van der Waals surface area contributed by atoms with Crippen LogP contribution < -0.4 is 0 Å². The Bertz CT molecular complexity index is 592. The van der Waals surface area contributed by atoms with Crippen LogP contribution in [0.1, 0.15) is 23.6 Å².